The number of Topliss-reactive ketones (excluding diaryl/α,β-unsaturated/α-hetero) is 1. The first-order valence-electron chi connectivity index (χ1n) is 7.32. The Bertz CT molecular complexity index is 834. The minimum atomic E-state index is -0.970. The fourth-order valence-electron chi connectivity index (χ4n) is 2.17. The molecule has 0 bridgehead atoms. The number of hydrogen-bond donors (Lipinski definition) is 1. The predicted octanol–water partition coefficient (Wildman–Crippen LogP) is 2.97. The lowest BCUT2D eigenvalue weighted by Gasteiger charge is -2.01. The highest BCUT2D eigenvalue weighted by Gasteiger charge is 2.13. The lowest BCUT2D eigenvalue weighted by atomic mass is 10.0. The Balaban J connectivity index is 1.66. The van der Waals surface area contributed by atoms with Crippen LogP contribution in [0.1, 0.15) is 18.4 Å². The van der Waals surface area contributed by atoms with Gasteiger partial charge in [0.05, 0.1) is 12.7 Å². The number of carboxylic acids is 1. The lowest BCUT2D eigenvalue weighted by molar-refractivity contribution is -0.138. The van der Waals surface area contributed by atoms with Gasteiger partial charge in [0.25, 0.3) is 5.89 Å². The first-order chi connectivity index (χ1) is 11.6. The van der Waals surface area contributed by atoms with Crippen molar-refractivity contribution in [2.75, 3.05) is 0 Å². The number of ketones is 1. The largest absolute Gasteiger partial charge is 0.481 e. The van der Waals surface area contributed by atoms with Gasteiger partial charge in [0.15, 0.2) is 5.76 Å². The summed E-state index contributed by atoms with van der Waals surface area (Å²) < 4.78 is 10.7. The number of aliphatic carboxylic acids is 1. The Morgan fingerprint density at radius 3 is 2.42 bits per heavy atom. The van der Waals surface area contributed by atoms with E-state index in [-0.39, 0.29) is 25.0 Å². The molecule has 0 radical (unpaired) electrons. The lowest BCUT2D eigenvalue weighted by Crippen LogP contribution is -2.06. The van der Waals surface area contributed by atoms with Gasteiger partial charge in [-0.1, -0.05) is 12.1 Å². The highest BCUT2D eigenvalue weighted by molar-refractivity contribution is 5.84. The minimum absolute atomic E-state index is 0.0350. The van der Waals surface area contributed by atoms with Crippen LogP contribution >= 0.6 is 0 Å². The van der Waals surface area contributed by atoms with Crippen LogP contribution in [0.3, 0.4) is 0 Å². The number of aromatic nitrogens is 2. The summed E-state index contributed by atoms with van der Waals surface area (Å²) in [5.74, 6) is 0.0629. The SMILES string of the molecule is O=C(O)CCC(=O)Cc1ccc(-c2nnc(-c3ccco3)o2)cc1. The Hall–Kier alpha value is -3.22. The fourth-order valence-corrected chi connectivity index (χ4v) is 2.17. The monoisotopic (exact) mass is 326 g/mol. The number of carboxylic acid groups (broad SMARTS) is 1. The zero-order valence-corrected chi connectivity index (χ0v) is 12.6. The van der Waals surface area contributed by atoms with Gasteiger partial charge in [0.1, 0.15) is 5.78 Å². The van der Waals surface area contributed by atoms with E-state index in [2.05, 4.69) is 10.2 Å². The van der Waals surface area contributed by atoms with E-state index < -0.39 is 5.97 Å². The summed E-state index contributed by atoms with van der Waals surface area (Å²) in [4.78, 5) is 22.2. The van der Waals surface area contributed by atoms with Gasteiger partial charge in [-0.15, -0.1) is 10.2 Å². The van der Waals surface area contributed by atoms with Crippen molar-refractivity contribution in [1.82, 2.24) is 10.2 Å². The highest BCUT2D eigenvalue weighted by atomic mass is 16.4. The molecule has 3 rings (SSSR count). The minimum Gasteiger partial charge on any atom is -0.481 e. The van der Waals surface area contributed by atoms with E-state index >= 15 is 0 Å². The summed E-state index contributed by atoms with van der Waals surface area (Å²) in [6.45, 7) is 0. The molecule has 0 amide bonds. The van der Waals surface area contributed by atoms with Crippen LogP contribution in [0.2, 0.25) is 0 Å². The van der Waals surface area contributed by atoms with Gasteiger partial charge in [0, 0.05) is 18.4 Å². The quantitative estimate of drug-likeness (QED) is 0.711. The average Bonchev–Trinajstić information content (AvgIpc) is 3.24. The molecule has 0 aliphatic rings. The molecule has 0 saturated heterocycles. The van der Waals surface area contributed by atoms with Gasteiger partial charge < -0.3 is 13.9 Å². The van der Waals surface area contributed by atoms with Gasteiger partial charge in [-0.05, 0) is 29.8 Å². The molecule has 0 fully saturated rings. The summed E-state index contributed by atoms with van der Waals surface area (Å²) >= 11 is 0. The molecule has 2 heterocycles. The molecule has 7 nitrogen and oxygen atoms in total. The van der Waals surface area contributed by atoms with Gasteiger partial charge in [0.2, 0.25) is 5.89 Å². The van der Waals surface area contributed by atoms with Crippen LogP contribution in [0.4, 0.5) is 0 Å². The second kappa shape index (κ2) is 6.91. The number of rotatable bonds is 7. The van der Waals surface area contributed by atoms with E-state index in [4.69, 9.17) is 13.9 Å². The van der Waals surface area contributed by atoms with Crippen molar-refractivity contribution in [2.45, 2.75) is 19.3 Å². The number of benzene rings is 1. The molecular formula is C17H14N2O5. The van der Waals surface area contributed by atoms with Crippen molar-refractivity contribution in [3.05, 3.63) is 48.2 Å². The number of nitrogens with zero attached hydrogens (tertiary/aromatic N) is 2. The Kier molecular flexibility index (Phi) is 4.51. The maximum absolute atomic E-state index is 11.7. The first kappa shape index (κ1) is 15.7. The van der Waals surface area contributed by atoms with E-state index in [1.54, 1.807) is 36.4 Å². The Morgan fingerprint density at radius 2 is 1.75 bits per heavy atom. The normalized spacial score (nSPS) is 10.7. The van der Waals surface area contributed by atoms with Crippen LogP contribution in [0, 0.1) is 0 Å². The molecule has 1 aromatic carbocycles. The maximum atomic E-state index is 11.7. The predicted molar refractivity (Wildman–Crippen MR) is 83.0 cm³/mol. The van der Waals surface area contributed by atoms with Gasteiger partial charge in [-0.3, -0.25) is 9.59 Å². The molecule has 0 saturated carbocycles. The highest BCUT2D eigenvalue weighted by Crippen LogP contribution is 2.24. The molecule has 0 aliphatic heterocycles. The second-order valence-electron chi connectivity index (χ2n) is 5.20. The summed E-state index contributed by atoms with van der Waals surface area (Å²) in [7, 11) is 0. The van der Waals surface area contributed by atoms with Gasteiger partial charge >= 0.3 is 5.97 Å². The van der Waals surface area contributed by atoms with E-state index in [1.165, 1.54) is 6.26 Å². The summed E-state index contributed by atoms with van der Waals surface area (Å²) in [5, 5.41) is 16.5. The maximum Gasteiger partial charge on any atom is 0.303 e. The molecule has 0 aliphatic carbocycles. The molecule has 1 N–H and O–H groups in total. The topological polar surface area (TPSA) is 106 Å². The van der Waals surface area contributed by atoms with Crippen molar-refractivity contribution in [3.8, 4) is 23.1 Å². The zero-order chi connectivity index (χ0) is 16.9. The smallest absolute Gasteiger partial charge is 0.303 e. The summed E-state index contributed by atoms with van der Waals surface area (Å²) in [6, 6.07) is 10.6. The molecule has 0 spiro atoms. The molecule has 122 valence electrons. The number of furan rings is 1. The third kappa shape index (κ3) is 3.75. The molecule has 0 atom stereocenters. The zero-order valence-electron chi connectivity index (χ0n) is 12.6. The third-order valence-electron chi connectivity index (χ3n) is 3.38. The number of carbonyl (C=O) groups excluding carboxylic acids is 1. The molecule has 24 heavy (non-hydrogen) atoms. The average molecular weight is 326 g/mol. The first-order valence-corrected chi connectivity index (χ1v) is 7.32. The standard InChI is InChI=1S/C17H14N2O5/c20-13(7-8-15(21)22)10-11-3-5-12(6-4-11)16-18-19-17(24-16)14-2-1-9-23-14/h1-6,9H,7-8,10H2,(H,21,22). The van der Waals surface area contributed by atoms with Crippen LogP contribution < -0.4 is 0 Å². The van der Waals surface area contributed by atoms with Crippen molar-refractivity contribution < 1.29 is 23.5 Å². The van der Waals surface area contributed by atoms with Crippen molar-refractivity contribution in [3.63, 3.8) is 0 Å². The van der Waals surface area contributed by atoms with Crippen molar-refractivity contribution in [1.29, 1.82) is 0 Å². The van der Waals surface area contributed by atoms with Gasteiger partial charge in [-0.25, -0.2) is 0 Å². The molecule has 0 unspecified atom stereocenters. The van der Waals surface area contributed by atoms with Crippen LogP contribution in [0.5, 0.6) is 0 Å². The van der Waals surface area contributed by atoms with Crippen LogP contribution in [-0.4, -0.2) is 27.1 Å². The number of carbonyl (C=O) groups is 2. The summed E-state index contributed by atoms with van der Waals surface area (Å²) in [6.07, 6.45) is 1.62. The Labute approximate surface area is 136 Å². The van der Waals surface area contributed by atoms with Crippen LogP contribution in [0.15, 0.2) is 51.5 Å². The summed E-state index contributed by atoms with van der Waals surface area (Å²) in [5.41, 5.74) is 1.53. The second-order valence-corrected chi connectivity index (χ2v) is 5.20. The Morgan fingerprint density at radius 1 is 1.00 bits per heavy atom. The molecule has 3 aromatic rings. The van der Waals surface area contributed by atoms with E-state index in [1.807, 2.05) is 0 Å². The van der Waals surface area contributed by atoms with E-state index in [9.17, 15) is 9.59 Å². The molecule has 7 heteroatoms. The van der Waals surface area contributed by atoms with Crippen LogP contribution in [0.25, 0.3) is 23.1 Å². The number of hydrogen-bond acceptors (Lipinski definition) is 6. The van der Waals surface area contributed by atoms with Crippen molar-refractivity contribution >= 4 is 11.8 Å². The fraction of sp³-hybridized carbons (Fsp3) is 0.176. The third-order valence-corrected chi connectivity index (χ3v) is 3.38. The van der Waals surface area contributed by atoms with Gasteiger partial charge in [-0.2, -0.15) is 0 Å². The van der Waals surface area contributed by atoms with Crippen LogP contribution in [-0.2, 0) is 16.0 Å². The van der Waals surface area contributed by atoms with E-state index in [0.29, 0.717) is 17.5 Å². The van der Waals surface area contributed by atoms with E-state index in [0.717, 1.165) is 11.1 Å². The van der Waals surface area contributed by atoms with Crippen molar-refractivity contribution in [2.24, 2.45) is 0 Å². The molecule has 2 aromatic heterocycles. The molecular weight excluding hydrogens is 312 g/mol.